The number of thiophene rings is 1. The van der Waals surface area contributed by atoms with E-state index in [1.807, 2.05) is 29.6 Å². The van der Waals surface area contributed by atoms with Crippen molar-refractivity contribution in [1.29, 1.82) is 0 Å². The van der Waals surface area contributed by atoms with Gasteiger partial charge in [0.05, 0.1) is 25.3 Å². The normalized spacial score (nSPS) is 12.2. The molecule has 1 aromatic carbocycles. The predicted molar refractivity (Wildman–Crippen MR) is 89.0 cm³/mol. The van der Waals surface area contributed by atoms with E-state index in [1.165, 1.54) is 0 Å². The molecule has 0 aliphatic rings. The molecule has 0 aliphatic carbocycles. The van der Waals surface area contributed by atoms with E-state index in [2.05, 4.69) is 12.2 Å². The molecule has 1 aromatic heterocycles. The Hall–Kier alpha value is -1.23. The van der Waals surface area contributed by atoms with Crippen molar-refractivity contribution in [3.8, 4) is 11.5 Å². The van der Waals surface area contributed by atoms with Crippen LogP contribution in [0, 0.1) is 0 Å². The molecule has 0 saturated heterocycles. The van der Waals surface area contributed by atoms with Gasteiger partial charge in [-0.15, -0.1) is 11.3 Å². The minimum Gasteiger partial charge on any atom is -0.497 e. The summed E-state index contributed by atoms with van der Waals surface area (Å²) in [5.74, 6) is 1.58. The zero-order valence-electron chi connectivity index (χ0n) is 12.5. The van der Waals surface area contributed by atoms with Crippen molar-refractivity contribution in [2.75, 3.05) is 20.8 Å². The van der Waals surface area contributed by atoms with Gasteiger partial charge in [-0.2, -0.15) is 0 Å². The van der Waals surface area contributed by atoms with E-state index < -0.39 is 0 Å². The molecule has 21 heavy (non-hydrogen) atoms. The first kappa shape index (κ1) is 16.1. The van der Waals surface area contributed by atoms with E-state index >= 15 is 0 Å². The second kappa shape index (κ2) is 7.69. The minimum absolute atomic E-state index is 0.0262. The number of hydrogen-bond donors (Lipinski definition) is 1. The lowest BCUT2D eigenvalue weighted by molar-refractivity contribution is 0.387. The topological polar surface area (TPSA) is 30.5 Å². The van der Waals surface area contributed by atoms with Gasteiger partial charge in [0.25, 0.3) is 0 Å². The fraction of sp³-hybridized carbons (Fsp3) is 0.375. The standard InChI is InChI=1S/C16H20ClNO2S/c1-4-8-18-15(16-13(17)7-9-21-16)12-6-5-11(19-2)10-14(12)20-3/h5-7,9-10,15,18H,4,8H2,1-3H3. The molecule has 0 amide bonds. The maximum Gasteiger partial charge on any atom is 0.127 e. The molecule has 0 aliphatic heterocycles. The maximum absolute atomic E-state index is 6.32. The van der Waals surface area contributed by atoms with Crippen LogP contribution in [0.25, 0.3) is 0 Å². The van der Waals surface area contributed by atoms with Gasteiger partial charge in [-0.1, -0.05) is 18.5 Å². The predicted octanol–water partition coefficient (Wildman–Crippen LogP) is 4.51. The van der Waals surface area contributed by atoms with Gasteiger partial charge in [0, 0.05) is 16.5 Å². The first-order valence-corrected chi connectivity index (χ1v) is 8.15. The third-order valence-electron chi connectivity index (χ3n) is 3.26. The molecule has 1 atom stereocenters. The van der Waals surface area contributed by atoms with E-state index in [0.29, 0.717) is 0 Å². The van der Waals surface area contributed by atoms with E-state index in [4.69, 9.17) is 21.1 Å². The van der Waals surface area contributed by atoms with Crippen LogP contribution in [0.15, 0.2) is 29.6 Å². The van der Waals surface area contributed by atoms with Crippen LogP contribution in [-0.2, 0) is 0 Å². The Morgan fingerprint density at radius 3 is 2.62 bits per heavy atom. The monoisotopic (exact) mass is 325 g/mol. The fourth-order valence-electron chi connectivity index (χ4n) is 2.20. The Kier molecular flexibility index (Phi) is 5.91. The third-order valence-corrected chi connectivity index (χ3v) is 4.68. The van der Waals surface area contributed by atoms with Crippen LogP contribution in [0.2, 0.25) is 5.02 Å². The van der Waals surface area contributed by atoms with Crippen molar-refractivity contribution in [2.24, 2.45) is 0 Å². The summed E-state index contributed by atoms with van der Waals surface area (Å²) in [6, 6.07) is 7.83. The number of ether oxygens (including phenoxy) is 2. The van der Waals surface area contributed by atoms with Gasteiger partial charge < -0.3 is 14.8 Å². The zero-order chi connectivity index (χ0) is 15.2. The summed E-state index contributed by atoms with van der Waals surface area (Å²) < 4.78 is 10.8. The van der Waals surface area contributed by atoms with E-state index in [9.17, 15) is 0 Å². The molecule has 1 N–H and O–H groups in total. The van der Waals surface area contributed by atoms with Gasteiger partial charge >= 0.3 is 0 Å². The number of rotatable bonds is 7. The highest BCUT2D eigenvalue weighted by atomic mass is 35.5. The van der Waals surface area contributed by atoms with E-state index in [0.717, 1.165) is 39.9 Å². The zero-order valence-corrected chi connectivity index (χ0v) is 14.1. The molecule has 0 spiro atoms. The molecule has 1 unspecified atom stereocenters. The van der Waals surface area contributed by atoms with Gasteiger partial charge in [-0.25, -0.2) is 0 Å². The smallest absolute Gasteiger partial charge is 0.127 e. The summed E-state index contributed by atoms with van der Waals surface area (Å²) in [6.07, 6.45) is 1.05. The van der Waals surface area contributed by atoms with Crippen molar-refractivity contribution >= 4 is 22.9 Å². The lowest BCUT2D eigenvalue weighted by Gasteiger charge is -2.21. The summed E-state index contributed by atoms with van der Waals surface area (Å²) in [7, 11) is 3.32. The summed E-state index contributed by atoms with van der Waals surface area (Å²) in [4.78, 5) is 1.11. The summed E-state index contributed by atoms with van der Waals surface area (Å²) in [5.41, 5.74) is 1.07. The molecule has 0 bridgehead atoms. The average Bonchev–Trinajstić information content (AvgIpc) is 2.94. The molecule has 3 nitrogen and oxygen atoms in total. The number of hydrogen-bond acceptors (Lipinski definition) is 4. The van der Waals surface area contributed by atoms with Crippen LogP contribution in [0.5, 0.6) is 11.5 Å². The molecule has 1 heterocycles. The lowest BCUT2D eigenvalue weighted by atomic mass is 10.0. The number of nitrogens with one attached hydrogen (secondary N) is 1. The van der Waals surface area contributed by atoms with Gasteiger partial charge in [-0.3, -0.25) is 0 Å². The Balaban J connectivity index is 2.43. The number of benzene rings is 1. The van der Waals surface area contributed by atoms with Crippen molar-refractivity contribution in [3.63, 3.8) is 0 Å². The third kappa shape index (κ3) is 3.70. The van der Waals surface area contributed by atoms with Crippen molar-refractivity contribution in [3.05, 3.63) is 45.1 Å². The lowest BCUT2D eigenvalue weighted by Crippen LogP contribution is -2.23. The second-order valence-corrected chi connectivity index (χ2v) is 5.98. The Morgan fingerprint density at radius 2 is 2.05 bits per heavy atom. The molecular weight excluding hydrogens is 306 g/mol. The molecule has 2 aromatic rings. The van der Waals surface area contributed by atoms with Gasteiger partial charge in [-0.05, 0) is 36.5 Å². The van der Waals surface area contributed by atoms with Crippen molar-refractivity contribution in [1.82, 2.24) is 5.32 Å². The summed E-state index contributed by atoms with van der Waals surface area (Å²) in [5, 5.41) is 6.34. The first-order chi connectivity index (χ1) is 10.2. The van der Waals surface area contributed by atoms with Crippen LogP contribution in [0.1, 0.15) is 29.8 Å². The molecule has 0 saturated carbocycles. The summed E-state index contributed by atoms with van der Waals surface area (Å²) in [6.45, 7) is 3.05. The van der Waals surface area contributed by atoms with Crippen molar-refractivity contribution in [2.45, 2.75) is 19.4 Å². The number of methoxy groups -OCH3 is 2. The highest BCUT2D eigenvalue weighted by molar-refractivity contribution is 7.10. The maximum atomic E-state index is 6.32. The molecular formula is C16H20ClNO2S. The molecule has 0 fully saturated rings. The van der Waals surface area contributed by atoms with Gasteiger partial charge in [0.15, 0.2) is 0 Å². The molecule has 0 radical (unpaired) electrons. The Bertz CT molecular complexity index is 585. The number of halogens is 1. The van der Waals surface area contributed by atoms with E-state index in [1.54, 1.807) is 25.6 Å². The van der Waals surface area contributed by atoms with Crippen LogP contribution in [-0.4, -0.2) is 20.8 Å². The van der Waals surface area contributed by atoms with Gasteiger partial charge in [0.1, 0.15) is 11.5 Å². The summed E-state index contributed by atoms with van der Waals surface area (Å²) >= 11 is 7.97. The van der Waals surface area contributed by atoms with E-state index in [-0.39, 0.29) is 6.04 Å². The van der Waals surface area contributed by atoms with Crippen LogP contribution in [0.3, 0.4) is 0 Å². The highest BCUT2D eigenvalue weighted by Gasteiger charge is 2.21. The largest absolute Gasteiger partial charge is 0.497 e. The highest BCUT2D eigenvalue weighted by Crippen LogP contribution is 2.38. The average molecular weight is 326 g/mol. The second-order valence-electron chi connectivity index (χ2n) is 4.63. The SMILES string of the molecule is CCCNC(c1ccc(OC)cc1OC)c1sccc1Cl. The molecule has 114 valence electrons. The fourth-order valence-corrected chi connectivity index (χ4v) is 3.46. The van der Waals surface area contributed by atoms with Crippen LogP contribution < -0.4 is 14.8 Å². The quantitative estimate of drug-likeness (QED) is 0.812. The van der Waals surface area contributed by atoms with Crippen LogP contribution >= 0.6 is 22.9 Å². The Morgan fingerprint density at radius 1 is 1.24 bits per heavy atom. The minimum atomic E-state index is 0.0262. The first-order valence-electron chi connectivity index (χ1n) is 6.89. The molecule has 2 rings (SSSR count). The Labute approximate surface area is 134 Å². The van der Waals surface area contributed by atoms with Crippen LogP contribution in [0.4, 0.5) is 0 Å². The molecule has 5 heteroatoms. The van der Waals surface area contributed by atoms with Gasteiger partial charge in [0.2, 0.25) is 0 Å². The van der Waals surface area contributed by atoms with Crippen molar-refractivity contribution < 1.29 is 9.47 Å².